The van der Waals surface area contributed by atoms with Crippen molar-refractivity contribution in [2.24, 2.45) is 23.5 Å². The first-order valence-corrected chi connectivity index (χ1v) is 6.33. The van der Waals surface area contributed by atoms with Crippen LogP contribution < -0.4 is 5.73 Å². The molecule has 0 bridgehead atoms. The van der Waals surface area contributed by atoms with Crippen LogP contribution in [0.3, 0.4) is 0 Å². The molecule has 0 saturated carbocycles. The van der Waals surface area contributed by atoms with E-state index in [0.717, 1.165) is 24.3 Å². The Labute approximate surface area is 90.5 Å². The first-order valence-electron chi connectivity index (χ1n) is 6.33. The molecule has 1 nitrogen and oxygen atoms in total. The molecule has 0 aromatic rings. The Kier molecular flexibility index (Phi) is 8.26. The van der Waals surface area contributed by atoms with E-state index in [4.69, 9.17) is 5.73 Å². The van der Waals surface area contributed by atoms with E-state index < -0.39 is 0 Å². The Morgan fingerprint density at radius 2 is 1.64 bits per heavy atom. The van der Waals surface area contributed by atoms with Crippen molar-refractivity contribution >= 4 is 0 Å². The van der Waals surface area contributed by atoms with E-state index >= 15 is 0 Å². The molecular formula is C13H29N. The molecule has 0 spiro atoms. The number of unbranched alkanes of at least 4 members (excludes halogenated alkanes) is 1. The summed E-state index contributed by atoms with van der Waals surface area (Å²) in [6, 6.07) is 0. The highest BCUT2D eigenvalue weighted by atomic mass is 14.5. The van der Waals surface area contributed by atoms with Crippen LogP contribution in [0.15, 0.2) is 0 Å². The summed E-state index contributed by atoms with van der Waals surface area (Å²) < 4.78 is 0. The van der Waals surface area contributed by atoms with Crippen molar-refractivity contribution in [1.29, 1.82) is 0 Å². The van der Waals surface area contributed by atoms with Crippen molar-refractivity contribution in [3.63, 3.8) is 0 Å². The Morgan fingerprint density at radius 3 is 2.07 bits per heavy atom. The lowest BCUT2D eigenvalue weighted by molar-refractivity contribution is 0.235. The molecular weight excluding hydrogens is 170 g/mol. The molecule has 2 unspecified atom stereocenters. The van der Waals surface area contributed by atoms with Crippen LogP contribution in [0.25, 0.3) is 0 Å². The lowest BCUT2D eigenvalue weighted by Crippen LogP contribution is -2.18. The molecule has 0 rings (SSSR count). The van der Waals surface area contributed by atoms with E-state index in [-0.39, 0.29) is 0 Å². The molecule has 14 heavy (non-hydrogen) atoms. The number of hydrogen-bond donors (Lipinski definition) is 1. The molecule has 2 N–H and O–H groups in total. The van der Waals surface area contributed by atoms with Gasteiger partial charge in [-0.25, -0.2) is 0 Å². The molecule has 0 aromatic heterocycles. The molecule has 0 heterocycles. The largest absolute Gasteiger partial charge is 0.330 e. The van der Waals surface area contributed by atoms with Gasteiger partial charge in [-0.3, -0.25) is 0 Å². The van der Waals surface area contributed by atoms with Crippen LogP contribution in [0.1, 0.15) is 59.8 Å². The van der Waals surface area contributed by atoms with Gasteiger partial charge in [0.05, 0.1) is 0 Å². The van der Waals surface area contributed by atoms with Crippen molar-refractivity contribution in [3.8, 4) is 0 Å². The minimum Gasteiger partial charge on any atom is -0.330 e. The van der Waals surface area contributed by atoms with E-state index in [0.29, 0.717) is 0 Å². The molecule has 86 valence electrons. The molecule has 0 aliphatic heterocycles. The standard InChI is InChI=1S/C13H29N/c1-5-8-13(11(2)3)12(4)9-6-7-10-14/h11-13H,5-10,14H2,1-4H3. The molecule has 0 amide bonds. The topological polar surface area (TPSA) is 26.0 Å². The van der Waals surface area contributed by atoms with Crippen LogP contribution in [0.5, 0.6) is 0 Å². The molecule has 0 aliphatic carbocycles. The van der Waals surface area contributed by atoms with Gasteiger partial charge >= 0.3 is 0 Å². The molecule has 2 atom stereocenters. The maximum absolute atomic E-state index is 5.51. The van der Waals surface area contributed by atoms with Gasteiger partial charge in [0, 0.05) is 0 Å². The fourth-order valence-electron chi connectivity index (χ4n) is 2.43. The zero-order valence-electron chi connectivity index (χ0n) is 10.6. The average molecular weight is 199 g/mol. The first kappa shape index (κ1) is 14.0. The lowest BCUT2D eigenvalue weighted by atomic mass is 9.79. The molecule has 0 fully saturated rings. The smallest absolute Gasteiger partial charge is 0.00773 e. The van der Waals surface area contributed by atoms with Crippen molar-refractivity contribution in [1.82, 2.24) is 0 Å². The van der Waals surface area contributed by atoms with E-state index in [2.05, 4.69) is 27.7 Å². The Hall–Kier alpha value is -0.0400. The number of nitrogens with two attached hydrogens (primary N) is 1. The predicted octanol–water partition coefficient (Wildman–Crippen LogP) is 3.82. The summed E-state index contributed by atoms with van der Waals surface area (Å²) >= 11 is 0. The van der Waals surface area contributed by atoms with Gasteiger partial charge in [0.1, 0.15) is 0 Å². The van der Waals surface area contributed by atoms with Gasteiger partial charge in [0.25, 0.3) is 0 Å². The summed E-state index contributed by atoms with van der Waals surface area (Å²) in [6.07, 6.45) is 6.58. The van der Waals surface area contributed by atoms with Crippen molar-refractivity contribution in [2.75, 3.05) is 6.54 Å². The van der Waals surface area contributed by atoms with Gasteiger partial charge in [-0.1, -0.05) is 53.4 Å². The second-order valence-electron chi connectivity index (χ2n) is 4.96. The maximum atomic E-state index is 5.51. The van der Waals surface area contributed by atoms with Crippen molar-refractivity contribution in [2.45, 2.75) is 59.8 Å². The summed E-state index contributed by atoms with van der Waals surface area (Å²) in [4.78, 5) is 0. The molecule has 0 aromatic carbocycles. The molecule has 0 radical (unpaired) electrons. The van der Waals surface area contributed by atoms with E-state index in [1.165, 1.54) is 32.1 Å². The fraction of sp³-hybridized carbons (Fsp3) is 1.00. The van der Waals surface area contributed by atoms with Crippen LogP contribution in [0, 0.1) is 17.8 Å². The summed E-state index contributed by atoms with van der Waals surface area (Å²) in [5.74, 6) is 2.63. The van der Waals surface area contributed by atoms with Crippen LogP contribution >= 0.6 is 0 Å². The fourth-order valence-corrected chi connectivity index (χ4v) is 2.43. The summed E-state index contributed by atoms with van der Waals surface area (Å²) in [5.41, 5.74) is 5.51. The monoisotopic (exact) mass is 199 g/mol. The third-order valence-corrected chi connectivity index (χ3v) is 3.32. The highest BCUT2D eigenvalue weighted by molar-refractivity contribution is 4.69. The van der Waals surface area contributed by atoms with Crippen LogP contribution in [-0.4, -0.2) is 6.54 Å². The van der Waals surface area contributed by atoms with Crippen LogP contribution in [0.2, 0.25) is 0 Å². The second-order valence-corrected chi connectivity index (χ2v) is 4.96. The van der Waals surface area contributed by atoms with E-state index in [9.17, 15) is 0 Å². The number of rotatable bonds is 8. The van der Waals surface area contributed by atoms with Gasteiger partial charge in [0.15, 0.2) is 0 Å². The minimum atomic E-state index is 0.836. The Bertz CT molecular complexity index is 120. The Morgan fingerprint density at radius 1 is 1.00 bits per heavy atom. The summed E-state index contributed by atoms with van der Waals surface area (Å²) in [6.45, 7) is 10.3. The van der Waals surface area contributed by atoms with Gasteiger partial charge in [0.2, 0.25) is 0 Å². The number of hydrogen-bond acceptors (Lipinski definition) is 1. The molecule has 0 aliphatic rings. The highest BCUT2D eigenvalue weighted by Crippen LogP contribution is 2.29. The van der Waals surface area contributed by atoms with E-state index in [1.54, 1.807) is 0 Å². The second kappa shape index (κ2) is 8.28. The summed E-state index contributed by atoms with van der Waals surface area (Å²) in [7, 11) is 0. The van der Waals surface area contributed by atoms with Gasteiger partial charge in [-0.2, -0.15) is 0 Å². The zero-order valence-corrected chi connectivity index (χ0v) is 10.6. The third-order valence-electron chi connectivity index (χ3n) is 3.32. The van der Waals surface area contributed by atoms with Crippen LogP contribution in [0.4, 0.5) is 0 Å². The first-order chi connectivity index (χ1) is 6.63. The third kappa shape index (κ3) is 5.64. The van der Waals surface area contributed by atoms with E-state index in [1.807, 2.05) is 0 Å². The lowest BCUT2D eigenvalue weighted by Gasteiger charge is -2.27. The molecule has 1 heteroatoms. The van der Waals surface area contributed by atoms with Gasteiger partial charge < -0.3 is 5.73 Å². The predicted molar refractivity (Wildman–Crippen MR) is 65.3 cm³/mol. The highest BCUT2D eigenvalue weighted by Gasteiger charge is 2.19. The zero-order chi connectivity index (χ0) is 11.0. The Balaban J connectivity index is 3.82. The molecule has 0 saturated heterocycles. The SMILES string of the molecule is CCCC(C(C)C)C(C)CCCCN. The van der Waals surface area contributed by atoms with Crippen molar-refractivity contribution < 1.29 is 0 Å². The van der Waals surface area contributed by atoms with Gasteiger partial charge in [-0.15, -0.1) is 0 Å². The average Bonchev–Trinajstić information content (AvgIpc) is 2.13. The normalized spacial score (nSPS) is 15.9. The quantitative estimate of drug-likeness (QED) is 0.591. The van der Waals surface area contributed by atoms with Gasteiger partial charge in [-0.05, 0) is 30.7 Å². The van der Waals surface area contributed by atoms with Crippen molar-refractivity contribution in [3.05, 3.63) is 0 Å². The maximum Gasteiger partial charge on any atom is -0.00773 e. The minimum absolute atomic E-state index is 0.836. The summed E-state index contributed by atoms with van der Waals surface area (Å²) in [5, 5.41) is 0. The van der Waals surface area contributed by atoms with Crippen LogP contribution in [-0.2, 0) is 0 Å².